The fourth-order valence-corrected chi connectivity index (χ4v) is 5.39. The highest BCUT2D eigenvalue weighted by molar-refractivity contribution is 7.15. The molecule has 1 N–H and O–H groups in total. The van der Waals surface area contributed by atoms with Gasteiger partial charge in [-0.25, -0.2) is 4.98 Å². The van der Waals surface area contributed by atoms with Crippen LogP contribution in [-0.2, 0) is 12.0 Å². The molecular formula is C17H29N3S. The smallest absolute Gasteiger partial charge is 0.186 e. The molecule has 1 aliphatic carbocycles. The third-order valence-electron chi connectivity index (χ3n) is 4.97. The van der Waals surface area contributed by atoms with Gasteiger partial charge in [0.1, 0.15) is 0 Å². The second-order valence-corrected chi connectivity index (χ2v) is 8.70. The molecule has 1 aromatic rings. The standard InChI is InChI=1S/C17H29N3S/c1-17(2,3)15-14(11-18-4)21-16(19-15)20-10-6-8-12-7-5-9-13(12)20/h12-13,18H,5-11H2,1-4H3. The summed E-state index contributed by atoms with van der Waals surface area (Å²) in [5.41, 5.74) is 1.42. The summed E-state index contributed by atoms with van der Waals surface area (Å²) in [6.07, 6.45) is 6.99. The Hall–Kier alpha value is -0.610. The van der Waals surface area contributed by atoms with E-state index in [0.717, 1.165) is 18.5 Å². The van der Waals surface area contributed by atoms with Gasteiger partial charge in [-0.05, 0) is 38.6 Å². The predicted molar refractivity (Wildman–Crippen MR) is 91.3 cm³/mol. The van der Waals surface area contributed by atoms with Crippen molar-refractivity contribution >= 4 is 16.5 Å². The van der Waals surface area contributed by atoms with E-state index in [2.05, 4.69) is 31.0 Å². The summed E-state index contributed by atoms with van der Waals surface area (Å²) < 4.78 is 0. The number of nitrogens with zero attached hydrogens (tertiary/aromatic N) is 2. The molecule has 1 saturated heterocycles. The molecule has 2 atom stereocenters. The quantitative estimate of drug-likeness (QED) is 0.917. The van der Waals surface area contributed by atoms with Crippen LogP contribution in [0.1, 0.15) is 63.4 Å². The van der Waals surface area contributed by atoms with E-state index >= 15 is 0 Å². The number of nitrogens with one attached hydrogen (secondary N) is 1. The normalized spacial score (nSPS) is 26.2. The van der Waals surface area contributed by atoms with Crippen molar-refractivity contribution in [3.05, 3.63) is 10.6 Å². The van der Waals surface area contributed by atoms with Crippen molar-refractivity contribution in [2.75, 3.05) is 18.5 Å². The minimum Gasteiger partial charge on any atom is -0.345 e. The number of rotatable bonds is 3. The number of fused-ring (bicyclic) bond motifs is 1. The highest BCUT2D eigenvalue weighted by atomic mass is 32.1. The average Bonchev–Trinajstić information content (AvgIpc) is 3.03. The van der Waals surface area contributed by atoms with E-state index in [0.29, 0.717) is 0 Å². The molecule has 21 heavy (non-hydrogen) atoms. The van der Waals surface area contributed by atoms with Crippen LogP contribution < -0.4 is 10.2 Å². The van der Waals surface area contributed by atoms with E-state index in [9.17, 15) is 0 Å². The second-order valence-electron chi connectivity index (χ2n) is 7.64. The molecule has 0 radical (unpaired) electrons. The molecule has 4 heteroatoms. The lowest BCUT2D eigenvalue weighted by molar-refractivity contribution is 0.362. The average molecular weight is 308 g/mol. The van der Waals surface area contributed by atoms with Crippen LogP contribution in [0, 0.1) is 5.92 Å². The van der Waals surface area contributed by atoms with Crippen LogP contribution in [0.25, 0.3) is 0 Å². The lowest BCUT2D eigenvalue weighted by atomic mass is 9.91. The summed E-state index contributed by atoms with van der Waals surface area (Å²) in [6, 6.07) is 0.764. The fraction of sp³-hybridized carbons (Fsp3) is 0.824. The van der Waals surface area contributed by atoms with Gasteiger partial charge < -0.3 is 10.2 Å². The molecule has 1 aliphatic heterocycles. The topological polar surface area (TPSA) is 28.2 Å². The predicted octanol–water partition coefficient (Wildman–Crippen LogP) is 3.93. The number of aromatic nitrogens is 1. The highest BCUT2D eigenvalue weighted by Crippen LogP contribution is 2.42. The van der Waals surface area contributed by atoms with Crippen LogP contribution in [0.3, 0.4) is 0 Å². The Labute approximate surface area is 133 Å². The van der Waals surface area contributed by atoms with Crippen LogP contribution in [0.2, 0.25) is 0 Å². The molecule has 2 heterocycles. The SMILES string of the molecule is CNCc1sc(N2CCCC3CCCC32)nc1C(C)(C)C. The third-order valence-corrected chi connectivity index (χ3v) is 6.07. The van der Waals surface area contributed by atoms with Crippen molar-refractivity contribution < 1.29 is 0 Å². The van der Waals surface area contributed by atoms with Gasteiger partial charge in [0, 0.05) is 29.4 Å². The minimum atomic E-state index is 0.131. The molecule has 2 fully saturated rings. The van der Waals surface area contributed by atoms with Gasteiger partial charge in [-0.3, -0.25) is 0 Å². The minimum absolute atomic E-state index is 0.131. The van der Waals surface area contributed by atoms with Crippen LogP contribution in [-0.4, -0.2) is 24.6 Å². The van der Waals surface area contributed by atoms with E-state index in [-0.39, 0.29) is 5.41 Å². The van der Waals surface area contributed by atoms with Gasteiger partial charge in [-0.1, -0.05) is 27.2 Å². The maximum absolute atomic E-state index is 5.09. The maximum Gasteiger partial charge on any atom is 0.186 e. The summed E-state index contributed by atoms with van der Waals surface area (Å²) >= 11 is 1.92. The van der Waals surface area contributed by atoms with E-state index in [1.807, 2.05) is 18.4 Å². The Balaban J connectivity index is 1.91. The first kappa shape index (κ1) is 15.3. The Kier molecular flexibility index (Phi) is 4.28. The summed E-state index contributed by atoms with van der Waals surface area (Å²) in [4.78, 5) is 9.14. The Bertz CT molecular complexity index is 489. The van der Waals surface area contributed by atoms with Crippen LogP contribution in [0.5, 0.6) is 0 Å². The summed E-state index contributed by atoms with van der Waals surface area (Å²) in [5, 5.41) is 4.59. The fourth-order valence-electron chi connectivity index (χ4n) is 4.02. The van der Waals surface area contributed by atoms with Gasteiger partial charge >= 0.3 is 0 Å². The van der Waals surface area contributed by atoms with Crippen LogP contribution >= 0.6 is 11.3 Å². The summed E-state index contributed by atoms with van der Waals surface area (Å²) in [7, 11) is 2.03. The number of thiazole rings is 1. The first-order chi connectivity index (χ1) is 10.0. The maximum atomic E-state index is 5.09. The van der Waals surface area contributed by atoms with Gasteiger partial charge in [0.2, 0.25) is 0 Å². The van der Waals surface area contributed by atoms with Gasteiger partial charge in [-0.15, -0.1) is 11.3 Å². The molecule has 0 amide bonds. The Morgan fingerprint density at radius 3 is 2.71 bits per heavy atom. The number of anilines is 1. The van der Waals surface area contributed by atoms with Crippen molar-refractivity contribution in [1.29, 1.82) is 0 Å². The zero-order valence-electron chi connectivity index (χ0n) is 13.9. The first-order valence-electron chi connectivity index (χ1n) is 8.42. The zero-order valence-corrected chi connectivity index (χ0v) is 14.7. The molecule has 1 saturated carbocycles. The molecule has 3 nitrogen and oxygen atoms in total. The lowest BCUT2D eigenvalue weighted by Crippen LogP contribution is -2.42. The number of hydrogen-bond acceptors (Lipinski definition) is 4. The molecule has 1 aromatic heterocycles. The van der Waals surface area contributed by atoms with Crippen molar-refractivity contribution in [2.45, 2.75) is 70.9 Å². The Morgan fingerprint density at radius 1 is 1.24 bits per heavy atom. The monoisotopic (exact) mass is 307 g/mol. The molecule has 0 bridgehead atoms. The summed E-state index contributed by atoms with van der Waals surface area (Å²) in [6.45, 7) is 8.97. The van der Waals surface area contributed by atoms with Crippen molar-refractivity contribution in [3.63, 3.8) is 0 Å². The second kappa shape index (κ2) is 5.88. The van der Waals surface area contributed by atoms with Crippen LogP contribution in [0.15, 0.2) is 0 Å². The third kappa shape index (κ3) is 2.98. The van der Waals surface area contributed by atoms with Gasteiger partial charge in [0.15, 0.2) is 5.13 Å². The van der Waals surface area contributed by atoms with E-state index in [4.69, 9.17) is 4.98 Å². The van der Waals surface area contributed by atoms with E-state index in [1.165, 1.54) is 54.4 Å². The first-order valence-corrected chi connectivity index (χ1v) is 9.24. The molecule has 2 aliphatic rings. The van der Waals surface area contributed by atoms with Crippen molar-refractivity contribution in [3.8, 4) is 0 Å². The zero-order chi connectivity index (χ0) is 15.0. The molecule has 0 spiro atoms. The largest absolute Gasteiger partial charge is 0.345 e. The van der Waals surface area contributed by atoms with Crippen molar-refractivity contribution in [2.24, 2.45) is 5.92 Å². The van der Waals surface area contributed by atoms with E-state index in [1.54, 1.807) is 0 Å². The Morgan fingerprint density at radius 2 is 2.00 bits per heavy atom. The molecule has 0 aromatic carbocycles. The van der Waals surface area contributed by atoms with E-state index < -0.39 is 0 Å². The van der Waals surface area contributed by atoms with Gasteiger partial charge in [-0.2, -0.15) is 0 Å². The number of piperidine rings is 1. The van der Waals surface area contributed by atoms with Crippen molar-refractivity contribution in [1.82, 2.24) is 10.3 Å². The summed E-state index contributed by atoms with van der Waals surface area (Å²) in [5.74, 6) is 0.925. The van der Waals surface area contributed by atoms with Gasteiger partial charge in [0.25, 0.3) is 0 Å². The molecular weight excluding hydrogens is 278 g/mol. The number of hydrogen-bond donors (Lipinski definition) is 1. The van der Waals surface area contributed by atoms with Gasteiger partial charge in [0.05, 0.1) is 5.69 Å². The molecule has 2 unspecified atom stereocenters. The molecule has 3 rings (SSSR count). The highest BCUT2D eigenvalue weighted by Gasteiger charge is 2.37. The molecule has 118 valence electrons. The lowest BCUT2D eigenvalue weighted by Gasteiger charge is -2.37. The van der Waals surface area contributed by atoms with Crippen LogP contribution in [0.4, 0.5) is 5.13 Å².